The maximum atomic E-state index is 12.9. The summed E-state index contributed by atoms with van der Waals surface area (Å²) in [5.74, 6) is 3.47. The third-order valence-electron chi connectivity index (χ3n) is 4.92. The van der Waals surface area contributed by atoms with E-state index in [0.717, 1.165) is 59.2 Å². The second-order valence-electron chi connectivity index (χ2n) is 6.97. The van der Waals surface area contributed by atoms with Crippen LogP contribution in [0, 0.1) is 0 Å². The Morgan fingerprint density at radius 3 is 2.87 bits per heavy atom. The van der Waals surface area contributed by atoms with Gasteiger partial charge in [-0.3, -0.25) is 9.78 Å². The van der Waals surface area contributed by atoms with Gasteiger partial charge in [0.15, 0.2) is 5.82 Å². The van der Waals surface area contributed by atoms with Gasteiger partial charge in [0.25, 0.3) is 5.91 Å². The van der Waals surface area contributed by atoms with Crippen LogP contribution in [0.25, 0.3) is 21.7 Å². The Morgan fingerprint density at radius 2 is 2.10 bits per heavy atom. The number of nitrogens with zero attached hydrogens (tertiary/aromatic N) is 4. The summed E-state index contributed by atoms with van der Waals surface area (Å²) < 4.78 is 5.07. The number of rotatable bonds is 8. The fourth-order valence-electron chi connectivity index (χ4n) is 3.37. The van der Waals surface area contributed by atoms with Crippen molar-refractivity contribution in [2.45, 2.75) is 12.8 Å². The number of hydrogen-bond donors (Lipinski definition) is 1. The van der Waals surface area contributed by atoms with Gasteiger partial charge in [-0.1, -0.05) is 6.07 Å². The minimum absolute atomic E-state index is 0.0690. The van der Waals surface area contributed by atoms with Crippen LogP contribution in [-0.4, -0.2) is 65.7 Å². The first-order chi connectivity index (χ1) is 14.8. The second-order valence-corrected chi connectivity index (χ2v) is 9.05. The molecule has 158 valence electrons. The zero-order valence-corrected chi connectivity index (χ0v) is 18.6. The number of fused-ring (bicyclic) bond motifs is 1. The van der Waals surface area contributed by atoms with E-state index in [0.29, 0.717) is 24.5 Å². The van der Waals surface area contributed by atoms with E-state index < -0.39 is 0 Å². The SMILES string of the molecule is COCCCCNC(=O)c1csc2nc(-c3ccccn3)nc(N3CCSCC3)c12. The maximum Gasteiger partial charge on any atom is 0.252 e. The molecule has 1 amide bonds. The van der Waals surface area contributed by atoms with Crippen molar-refractivity contribution in [1.82, 2.24) is 20.3 Å². The lowest BCUT2D eigenvalue weighted by atomic mass is 10.2. The molecule has 1 aliphatic rings. The standard InChI is InChI=1S/C21H25N5O2S2/c1-28-11-5-4-8-23-20(27)15-14-30-21-17(15)19(26-9-12-29-13-10-26)24-18(25-21)16-6-2-3-7-22-16/h2-3,6-7,14H,4-5,8-13H2,1H3,(H,23,27). The summed E-state index contributed by atoms with van der Waals surface area (Å²) in [5.41, 5.74) is 1.40. The number of nitrogens with one attached hydrogen (secondary N) is 1. The fraction of sp³-hybridized carbons (Fsp3) is 0.429. The number of carbonyl (C=O) groups excluding carboxylic acids is 1. The molecule has 0 atom stereocenters. The van der Waals surface area contributed by atoms with Gasteiger partial charge in [0.05, 0.1) is 10.9 Å². The normalized spacial score (nSPS) is 14.2. The summed E-state index contributed by atoms with van der Waals surface area (Å²) in [7, 11) is 1.69. The largest absolute Gasteiger partial charge is 0.385 e. The summed E-state index contributed by atoms with van der Waals surface area (Å²) >= 11 is 3.43. The molecule has 7 nitrogen and oxygen atoms in total. The number of anilines is 1. The number of ether oxygens (including phenoxy) is 1. The fourth-order valence-corrected chi connectivity index (χ4v) is 5.19. The van der Waals surface area contributed by atoms with Gasteiger partial charge in [-0.05, 0) is 25.0 Å². The zero-order valence-electron chi connectivity index (χ0n) is 17.0. The second kappa shape index (κ2) is 10.2. The molecule has 3 aromatic rings. The van der Waals surface area contributed by atoms with Crippen LogP contribution in [0.4, 0.5) is 5.82 Å². The van der Waals surface area contributed by atoms with Gasteiger partial charge in [-0.25, -0.2) is 9.97 Å². The van der Waals surface area contributed by atoms with E-state index in [2.05, 4.69) is 15.2 Å². The van der Waals surface area contributed by atoms with Crippen LogP contribution in [0.15, 0.2) is 29.8 Å². The first-order valence-corrected chi connectivity index (χ1v) is 12.1. The molecule has 4 rings (SSSR count). The van der Waals surface area contributed by atoms with Crippen molar-refractivity contribution in [2.75, 3.05) is 49.8 Å². The Balaban J connectivity index is 1.68. The van der Waals surface area contributed by atoms with Crippen molar-refractivity contribution >= 4 is 45.0 Å². The maximum absolute atomic E-state index is 12.9. The van der Waals surface area contributed by atoms with E-state index in [-0.39, 0.29) is 5.91 Å². The molecule has 0 bridgehead atoms. The van der Waals surface area contributed by atoms with Crippen molar-refractivity contribution in [3.63, 3.8) is 0 Å². The molecule has 1 fully saturated rings. The van der Waals surface area contributed by atoms with Gasteiger partial charge in [0, 0.05) is 56.4 Å². The Bertz CT molecular complexity index is 990. The van der Waals surface area contributed by atoms with E-state index in [9.17, 15) is 4.79 Å². The first kappa shape index (κ1) is 21.0. The lowest BCUT2D eigenvalue weighted by Crippen LogP contribution is -2.33. The average molecular weight is 444 g/mol. The molecular formula is C21H25N5O2S2. The van der Waals surface area contributed by atoms with Crippen LogP contribution in [-0.2, 0) is 4.74 Å². The monoisotopic (exact) mass is 443 g/mol. The quantitative estimate of drug-likeness (QED) is 0.534. The van der Waals surface area contributed by atoms with Gasteiger partial charge in [0.2, 0.25) is 0 Å². The van der Waals surface area contributed by atoms with Gasteiger partial charge in [0.1, 0.15) is 16.3 Å². The number of unbranched alkanes of at least 4 members (excludes halogenated alkanes) is 1. The average Bonchev–Trinajstić information content (AvgIpc) is 3.23. The predicted octanol–water partition coefficient (Wildman–Crippen LogP) is 3.46. The number of methoxy groups -OCH3 is 1. The number of amides is 1. The van der Waals surface area contributed by atoms with Crippen LogP contribution in [0.5, 0.6) is 0 Å². The van der Waals surface area contributed by atoms with Crippen molar-refractivity contribution < 1.29 is 9.53 Å². The van der Waals surface area contributed by atoms with Gasteiger partial charge >= 0.3 is 0 Å². The van der Waals surface area contributed by atoms with Crippen LogP contribution in [0.3, 0.4) is 0 Å². The van der Waals surface area contributed by atoms with E-state index in [1.807, 2.05) is 35.3 Å². The molecule has 1 aliphatic heterocycles. The third kappa shape index (κ3) is 4.74. The van der Waals surface area contributed by atoms with Gasteiger partial charge < -0.3 is 15.0 Å². The molecule has 0 saturated carbocycles. The number of thiophene rings is 1. The summed E-state index contributed by atoms with van der Waals surface area (Å²) in [6, 6.07) is 5.73. The van der Waals surface area contributed by atoms with Crippen LogP contribution >= 0.6 is 23.1 Å². The molecule has 30 heavy (non-hydrogen) atoms. The number of pyridine rings is 1. The lowest BCUT2D eigenvalue weighted by Gasteiger charge is -2.28. The molecule has 0 aliphatic carbocycles. The summed E-state index contributed by atoms with van der Waals surface area (Å²) in [5, 5.41) is 5.78. The molecule has 3 aromatic heterocycles. The minimum atomic E-state index is -0.0690. The molecule has 1 N–H and O–H groups in total. The topological polar surface area (TPSA) is 80.2 Å². The van der Waals surface area contributed by atoms with Crippen molar-refractivity contribution in [1.29, 1.82) is 0 Å². The summed E-state index contributed by atoms with van der Waals surface area (Å²) in [6.07, 6.45) is 3.56. The summed E-state index contributed by atoms with van der Waals surface area (Å²) in [6.45, 7) is 3.15. The highest BCUT2D eigenvalue weighted by atomic mass is 32.2. The number of thioether (sulfide) groups is 1. The van der Waals surface area contributed by atoms with Crippen LogP contribution in [0.1, 0.15) is 23.2 Å². The minimum Gasteiger partial charge on any atom is -0.385 e. The summed E-state index contributed by atoms with van der Waals surface area (Å²) in [4.78, 5) is 30.1. The Kier molecular flexibility index (Phi) is 7.14. The smallest absolute Gasteiger partial charge is 0.252 e. The van der Waals surface area contributed by atoms with Crippen molar-refractivity contribution in [3.05, 3.63) is 35.3 Å². The number of hydrogen-bond acceptors (Lipinski definition) is 8. The Hall–Kier alpha value is -2.23. The lowest BCUT2D eigenvalue weighted by molar-refractivity contribution is 0.0953. The zero-order chi connectivity index (χ0) is 20.8. The molecule has 1 saturated heterocycles. The number of carbonyl (C=O) groups is 1. The van der Waals surface area contributed by atoms with E-state index in [1.54, 1.807) is 13.3 Å². The van der Waals surface area contributed by atoms with Gasteiger partial charge in [-0.15, -0.1) is 11.3 Å². The predicted molar refractivity (Wildman–Crippen MR) is 124 cm³/mol. The molecule has 0 aromatic carbocycles. The van der Waals surface area contributed by atoms with Gasteiger partial charge in [-0.2, -0.15) is 11.8 Å². The Morgan fingerprint density at radius 1 is 1.23 bits per heavy atom. The molecular weight excluding hydrogens is 418 g/mol. The van der Waals surface area contributed by atoms with Crippen LogP contribution in [0.2, 0.25) is 0 Å². The molecule has 0 radical (unpaired) electrons. The van der Waals surface area contributed by atoms with Crippen molar-refractivity contribution in [3.8, 4) is 11.5 Å². The molecule has 0 unspecified atom stereocenters. The number of aromatic nitrogens is 3. The highest BCUT2D eigenvalue weighted by Gasteiger charge is 2.24. The molecule has 4 heterocycles. The van der Waals surface area contributed by atoms with E-state index in [1.165, 1.54) is 11.3 Å². The van der Waals surface area contributed by atoms with Crippen LogP contribution < -0.4 is 10.2 Å². The Labute approximate surface area is 184 Å². The van der Waals surface area contributed by atoms with E-state index >= 15 is 0 Å². The van der Waals surface area contributed by atoms with Crippen molar-refractivity contribution in [2.24, 2.45) is 0 Å². The molecule has 9 heteroatoms. The first-order valence-electron chi connectivity index (χ1n) is 10.1. The highest BCUT2D eigenvalue weighted by Crippen LogP contribution is 2.35. The highest BCUT2D eigenvalue weighted by molar-refractivity contribution is 7.99. The molecule has 0 spiro atoms. The van der Waals surface area contributed by atoms with E-state index in [4.69, 9.17) is 14.7 Å². The third-order valence-corrected chi connectivity index (χ3v) is 6.74.